The van der Waals surface area contributed by atoms with E-state index >= 15 is 0 Å². The minimum Gasteiger partial charge on any atom is -0.481 e. The number of esters is 2. The van der Waals surface area contributed by atoms with Crippen molar-refractivity contribution >= 4 is 23.9 Å². The van der Waals surface area contributed by atoms with Crippen molar-refractivity contribution in [2.24, 2.45) is 71.0 Å². The predicted octanol–water partition coefficient (Wildman–Crippen LogP) is 5.18. The molecule has 40 heavy (non-hydrogen) atoms. The van der Waals surface area contributed by atoms with Crippen molar-refractivity contribution in [1.82, 2.24) is 0 Å². The number of rotatable bonds is 9. The zero-order valence-corrected chi connectivity index (χ0v) is 24.3. The first-order chi connectivity index (χ1) is 18.8. The van der Waals surface area contributed by atoms with E-state index < -0.39 is 58.8 Å². The van der Waals surface area contributed by atoms with E-state index in [9.17, 15) is 29.4 Å². The van der Waals surface area contributed by atoms with Crippen molar-refractivity contribution < 1.29 is 38.9 Å². The van der Waals surface area contributed by atoms with E-state index in [2.05, 4.69) is 0 Å². The molecule has 0 aromatic carbocycles. The number of carboxylic acid groups (broad SMARTS) is 2. The molecule has 8 fully saturated rings. The largest absolute Gasteiger partial charge is 0.481 e. The zero-order chi connectivity index (χ0) is 28.7. The molecular weight excluding hydrogens is 512 g/mol. The second kappa shape index (κ2) is 9.72. The molecule has 2 N–H and O–H groups in total. The third kappa shape index (κ3) is 4.38. The minimum atomic E-state index is -1.61. The average Bonchev–Trinajstić information content (AvgIpc) is 2.87. The third-order valence-electron chi connectivity index (χ3n) is 12.9. The van der Waals surface area contributed by atoms with Gasteiger partial charge in [0.2, 0.25) is 0 Å². The fourth-order valence-electron chi connectivity index (χ4n) is 10.8. The van der Waals surface area contributed by atoms with Gasteiger partial charge in [0.05, 0.1) is 23.7 Å². The van der Waals surface area contributed by atoms with Crippen LogP contribution in [0.25, 0.3) is 0 Å². The molecular formula is C32H46O8. The van der Waals surface area contributed by atoms with E-state index in [-0.39, 0.29) is 23.7 Å². The second-order valence-corrected chi connectivity index (χ2v) is 15.1. The van der Waals surface area contributed by atoms with E-state index in [1.54, 1.807) is 0 Å². The molecule has 0 amide bonds. The highest BCUT2D eigenvalue weighted by atomic mass is 16.6. The van der Waals surface area contributed by atoms with E-state index in [1.165, 1.54) is 26.7 Å². The van der Waals surface area contributed by atoms with Crippen molar-refractivity contribution in [2.45, 2.75) is 103 Å². The maximum atomic E-state index is 14.1. The maximum absolute atomic E-state index is 14.1. The molecule has 0 aromatic rings. The van der Waals surface area contributed by atoms with Gasteiger partial charge in [-0.2, -0.15) is 0 Å². The Hall–Kier alpha value is -2.12. The number of carboxylic acids is 2. The number of aliphatic carboxylic acids is 2. The fraction of sp³-hybridized carbons (Fsp3) is 0.875. The third-order valence-corrected chi connectivity index (χ3v) is 12.9. The minimum absolute atomic E-state index is 0.211. The van der Waals surface area contributed by atoms with E-state index in [0.717, 1.165) is 51.4 Å². The van der Waals surface area contributed by atoms with E-state index in [4.69, 9.17) is 9.47 Å². The molecule has 0 radical (unpaired) electrons. The number of ether oxygens (including phenoxy) is 2. The lowest BCUT2D eigenvalue weighted by atomic mass is 9.50. The van der Waals surface area contributed by atoms with Gasteiger partial charge in [0.1, 0.15) is 11.2 Å². The number of carbonyl (C=O) groups excluding carboxylic acids is 2. The van der Waals surface area contributed by atoms with E-state index in [0.29, 0.717) is 23.7 Å². The topological polar surface area (TPSA) is 127 Å². The van der Waals surface area contributed by atoms with Crippen molar-refractivity contribution in [3.63, 3.8) is 0 Å². The summed E-state index contributed by atoms with van der Waals surface area (Å²) >= 11 is 0. The Kier molecular flexibility index (Phi) is 6.81. The molecule has 8 nitrogen and oxygen atoms in total. The standard InChI is InChI=1S/C32H46O8/c1-15(27(33)34)25(28(35)36)26(30(38)40-32(4)23-11-19-6-20(13-23)14-24(32)12-19)16(2)29(37)39-31(3)21-7-17-5-18(9-21)10-22(31)8-17/h15-26H,5-14H2,1-4H3,(H,33,34)(H,35,36). The van der Waals surface area contributed by atoms with Gasteiger partial charge in [0, 0.05) is 0 Å². The number of hydrogen-bond donors (Lipinski definition) is 2. The summed E-state index contributed by atoms with van der Waals surface area (Å²) in [5.41, 5.74) is -1.37. The lowest BCUT2D eigenvalue weighted by Crippen LogP contribution is -2.60. The maximum Gasteiger partial charge on any atom is 0.311 e. The van der Waals surface area contributed by atoms with Crippen LogP contribution in [0.5, 0.6) is 0 Å². The smallest absolute Gasteiger partial charge is 0.311 e. The molecule has 0 spiro atoms. The molecule has 8 heteroatoms. The van der Waals surface area contributed by atoms with Crippen LogP contribution >= 0.6 is 0 Å². The van der Waals surface area contributed by atoms with Gasteiger partial charge in [-0.05, 0) is 125 Å². The van der Waals surface area contributed by atoms with Crippen molar-refractivity contribution in [3.8, 4) is 0 Å². The van der Waals surface area contributed by atoms with Crippen LogP contribution in [0.1, 0.15) is 91.9 Å². The first-order valence-corrected chi connectivity index (χ1v) is 15.7. The molecule has 222 valence electrons. The van der Waals surface area contributed by atoms with Crippen LogP contribution in [0, 0.1) is 71.0 Å². The molecule has 0 aromatic heterocycles. The molecule has 4 atom stereocenters. The monoisotopic (exact) mass is 558 g/mol. The summed E-state index contributed by atoms with van der Waals surface area (Å²) < 4.78 is 12.6. The summed E-state index contributed by atoms with van der Waals surface area (Å²) in [6.45, 7) is 6.81. The zero-order valence-electron chi connectivity index (χ0n) is 24.3. The average molecular weight is 559 g/mol. The summed E-state index contributed by atoms with van der Waals surface area (Å²) in [7, 11) is 0. The SMILES string of the molecule is CC(C(=O)O)C(C(=O)O)C(C(=O)OC1(C)C2CC3CC(C2)CC1C3)C(C)C(=O)OC1(C)C2CC3CC(C2)CC1C3. The van der Waals surface area contributed by atoms with Gasteiger partial charge in [-0.3, -0.25) is 19.2 Å². The quantitative estimate of drug-likeness (QED) is 0.371. The van der Waals surface area contributed by atoms with Crippen LogP contribution in [0.3, 0.4) is 0 Å². The Balaban J connectivity index is 1.27. The first-order valence-electron chi connectivity index (χ1n) is 15.7. The highest BCUT2D eigenvalue weighted by Crippen LogP contribution is 2.61. The summed E-state index contributed by atoms with van der Waals surface area (Å²) in [4.78, 5) is 52.5. The van der Waals surface area contributed by atoms with Crippen LogP contribution in [0.2, 0.25) is 0 Å². The Labute approximate surface area is 236 Å². The van der Waals surface area contributed by atoms with Gasteiger partial charge in [0.15, 0.2) is 0 Å². The fourth-order valence-corrected chi connectivity index (χ4v) is 10.8. The van der Waals surface area contributed by atoms with Gasteiger partial charge in [-0.25, -0.2) is 0 Å². The second-order valence-electron chi connectivity index (χ2n) is 15.1. The number of carbonyl (C=O) groups is 4. The highest BCUT2D eigenvalue weighted by Gasteiger charge is 2.60. The summed E-state index contributed by atoms with van der Waals surface area (Å²) in [6, 6.07) is 0. The number of hydrogen-bond acceptors (Lipinski definition) is 6. The van der Waals surface area contributed by atoms with Crippen molar-refractivity contribution in [1.29, 1.82) is 0 Å². The molecule has 8 bridgehead atoms. The molecule has 4 unspecified atom stereocenters. The lowest BCUT2D eigenvalue weighted by molar-refractivity contribution is -0.219. The summed E-state index contributed by atoms with van der Waals surface area (Å²) in [6.07, 6.45) is 10.6. The van der Waals surface area contributed by atoms with Crippen LogP contribution in [-0.4, -0.2) is 45.3 Å². The summed E-state index contributed by atoms with van der Waals surface area (Å²) in [5, 5.41) is 20.0. The highest BCUT2D eigenvalue weighted by molar-refractivity contribution is 5.89. The molecule has 8 rings (SSSR count). The van der Waals surface area contributed by atoms with Crippen LogP contribution in [0.4, 0.5) is 0 Å². The lowest BCUT2D eigenvalue weighted by Gasteiger charge is -2.59. The van der Waals surface area contributed by atoms with Gasteiger partial charge in [-0.15, -0.1) is 0 Å². The Bertz CT molecular complexity index is 1020. The van der Waals surface area contributed by atoms with Gasteiger partial charge in [-0.1, -0.05) is 13.8 Å². The van der Waals surface area contributed by atoms with Gasteiger partial charge < -0.3 is 19.7 Å². The molecule has 0 saturated heterocycles. The first kappa shape index (κ1) is 28.0. The Morgan fingerprint density at radius 1 is 0.550 bits per heavy atom. The van der Waals surface area contributed by atoms with Crippen LogP contribution < -0.4 is 0 Å². The Morgan fingerprint density at radius 3 is 1.23 bits per heavy atom. The normalized spacial score (nSPS) is 45.4. The molecule has 8 saturated carbocycles. The van der Waals surface area contributed by atoms with Crippen LogP contribution in [0.15, 0.2) is 0 Å². The summed E-state index contributed by atoms with van der Waals surface area (Å²) in [5.74, 6) is -6.07. The van der Waals surface area contributed by atoms with E-state index in [1.807, 2.05) is 13.8 Å². The predicted molar refractivity (Wildman–Crippen MR) is 144 cm³/mol. The Morgan fingerprint density at radius 2 is 0.900 bits per heavy atom. The molecule has 8 aliphatic carbocycles. The van der Waals surface area contributed by atoms with Gasteiger partial charge >= 0.3 is 23.9 Å². The van der Waals surface area contributed by atoms with Crippen LogP contribution in [-0.2, 0) is 28.7 Å². The molecule has 8 aliphatic rings. The van der Waals surface area contributed by atoms with Crippen molar-refractivity contribution in [3.05, 3.63) is 0 Å². The van der Waals surface area contributed by atoms with Crippen molar-refractivity contribution in [2.75, 3.05) is 0 Å². The molecule has 0 aliphatic heterocycles. The molecule has 0 heterocycles. The van der Waals surface area contributed by atoms with Gasteiger partial charge in [0.25, 0.3) is 0 Å².